The third-order valence-corrected chi connectivity index (χ3v) is 2.32. The van der Waals surface area contributed by atoms with Crippen molar-refractivity contribution in [2.24, 2.45) is 0 Å². The number of rotatable bonds is 2. The van der Waals surface area contributed by atoms with Gasteiger partial charge in [0.05, 0.1) is 12.2 Å². The molecule has 1 rings (SSSR count). The zero-order valence-corrected chi connectivity index (χ0v) is 7.42. The van der Waals surface area contributed by atoms with E-state index in [1.54, 1.807) is 0 Å². The minimum absolute atomic E-state index is 0.0510. The third-order valence-electron chi connectivity index (χ3n) is 2.32. The summed E-state index contributed by atoms with van der Waals surface area (Å²) in [6.07, 6.45) is 0.864. The highest BCUT2D eigenvalue weighted by molar-refractivity contribution is 4.94. The molecule has 1 fully saturated rings. The van der Waals surface area contributed by atoms with Gasteiger partial charge in [-0.05, 0) is 20.9 Å². The second kappa shape index (κ2) is 3.09. The van der Waals surface area contributed by atoms with Gasteiger partial charge >= 0.3 is 0 Å². The van der Waals surface area contributed by atoms with Crippen LogP contribution in [0.5, 0.6) is 0 Å². The number of aliphatic hydroxyl groups is 1. The van der Waals surface area contributed by atoms with E-state index in [0.717, 1.165) is 6.42 Å². The monoisotopic (exact) mass is 159 g/mol. The van der Waals surface area contributed by atoms with Crippen molar-refractivity contribution in [2.75, 3.05) is 13.6 Å². The number of likely N-dealkylation sites (N-methyl/N-ethyl adjacent to an activating group) is 1. The van der Waals surface area contributed by atoms with Crippen LogP contribution >= 0.6 is 0 Å². The molecular weight excluding hydrogens is 142 g/mol. The molecule has 2 N–H and O–H groups in total. The van der Waals surface area contributed by atoms with E-state index in [4.69, 9.17) is 4.74 Å². The maximum Gasteiger partial charge on any atom is 0.105 e. The van der Waals surface area contributed by atoms with Crippen molar-refractivity contribution in [3.8, 4) is 0 Å². The third kappa shape index (κ3) is 1.72. The highest BCUT2D eigenvalue weighted by Gasteiger charge is 2.42. The quantitative estimate of drug-likeness (QED) is 0.602. The first kappa shape index (κ1) is 8.97. The lowest BCUT2D eigenvalue weighted by atomic mass is 9.95. The Labute approximate surface area is 67.7 Å². The van der Waals surface area contributed by atoms with Gasteiger partial charge in [0.2, 0.25) is 0 Å². The van der Waals surface area contributed by atoms with Crippen LogP contribution in [0.3, 0.4) is 0 Å². The molecule has 3 nitrogen and oxygen atoms in total. The lowest BCUT2D eigenvalue weighted by molar-refractivity contribution is -0.0330. The molecule has 1 aliphatic heterocycles. The van der Waals surface area contributed by atoms with Gasteiger partial charge in [0.1, 0.15) is 5.60 Å². The number of hydrogen-bond acceptors (Lipinski definition) is 3. The minimum atomic E-state index is -0.659. The summed E-state index contributed by atoms with van der Waals surface area (Å²) in [4.78, 5) is 0. The van der Waals surface area contributed by atoms with Gasteiger partial charge in [-0.2, -0.15) is 0 Å². The Bertz CT molecular complexity index is 140. The predicted octanol–water partition coefficient (Wildman–Crippen LogP) is 0.134. The van der Waals surface area contributed by atoms with E-state index in [2.05, 4.69) is 5.32 Å². The first-order valence-electron chi connectivity index (χ1n) is 4.11. The molecule has 1 heterocycles. The molecule has 0 aromatic heterocycles. The van der Waals surface area contributed by atoms with Crippen molar-refractivity contribution >= 4 is 0 Å². The Balaban J connectivity index is 2.55. The smallest absolute Gasteiger partial charge is 0.105 e. The van der Waals surface area contributed by atoms with Gasteiger partial charge in [-0.3, -0.25) is 0 Å². The standard InChI is InChI=1S/C8H17NO2/c1-6-4-8(10,5-9-3)7(2)11-6/h6-7,9-10H,4-5H2,1-3H3. The number of hydrogen-bond donors (Lipinski definition) is 2. The highest BCUT2D eigenvalue weighted by atomic mass is 16.5. The van der Waals surface area contributed by atoms with Gasteiger partial charge in [0, 0.05) is 13.0 Å². The summed E-state index contributed by atoms with van der Waals surface area (Å²) in [5.41, 5.74) is -0.659. The van der Waals surface area contributed by atoms with Crippen molar-refractivity contribution in [2.45, 2.75) is 38.1 Å². The lowest BCUT2D eigenvalue weighted by Gasteiger charge is -2.25. The first-order valence-corrected chi connectivity index (χ1v) is 4.11. The summed E-state index contributed by atoms with van der Waals surface area (Å²) in [6.45, 7) is 4.52. The summed E-state index contributed by atoms with van der Waals surface area (Å²) in [7, 11) is 1.84. The van der Waals surface area contributed by atoms with E-state index < -0.39 is 5.60 Å². The maximum absolute atomic E-state index is 9.94. The molecule has 0 saturated carbocycles. The molecular formula is C8H17NO2. The molecule has 0 bridgehead atoms. The van der Waals surface area contributed by atoms with Gasteiger partial charge in [-0.25, -0.2) is 0 Å². The summed E-state index contributed by atoms with van der Waals surface area (Å²) in [5, 5.41) is 12.9. The maximum atomic E-state index is 9.94. The van der Waals surface area contributed by atoms with Crippen LogP contribution in [0.15, 0.2) is 0 Å². The summed E-state index contributed by atoms with van der Waals surface area (Å²) < 4.78 is 5.44. The van der Waals surface area contributed by atoms with Crippen molar-refractivity contribution in [1.29, 1.82) is 0 Å². The average molecular weight is 159 g/mol. The largest absolute Gasteiger partial charge is 0.386 e. The second-order valence-corrected chi connectivity index (χ2v) is 3.43. The lowest BCUT2D eigenvalue weighted by Crippen LogP contribution is -2.44. The topological polar surface area (TPSA) is 41.5 Å². The Morgan fingerprint density at radius 1 is 1.64 bits per heavy atom. The molecule has 1 aliphatic rings. The predicted molar refractivity (Wildman–Crippen MR) is 43.5 cm³/mol. The van der Waals surface area contributed by atoms with Crippen LogP contribution in [0.4, 0.5) is 0 Å². The van der Waals surface area contributed by atoms with E-state index in [1.807, 2.05) is 20.9 Å². The number of nitrogens with one attached hydrogen (secondary N) is 1. The molecule has 0 radical (unpaired) electrons. The molecule has 0 aromatic rings. The summed E-state index contributed by atoms with van der Waals surface area (Å²) in [5.74, 6) is 0. The van der Waals surface area contributed by atoms with Crippen LogP contribution in [-0.2, 0) is 4.74 Å². The Morgan fingerprint density at radius 2 is 2.27 bits per heavy atom. The molecule has 0 aromatic carbocycles. The molecule has 66 valence electrons. The minimum Gasteiger partial charge on any atom is -0.386 e. The molecule has 0 aliphatic carbocycles. The van der Waals surface area contributed by atoms with Crippen LogP contribution in [0.2, 0.25) is 0 Å². The van der Waals surface area contributed by atoms with Crippen LogP contribution < -0.4 is 5.32 Å². The average Bonchev–Trinajstić information content (AvgIpc) is 2.08. The molecule has 3 atom stereocenters. The fourth-order valence-electron chi connectivity index (χ4n) is 1.71. The van der Waals surface area contributed by atoms with Gasteiger partial charge in [-0.15, -0.1) is 0 Å². The Morgan fingerprint density at radius 3 is 2.64 bits per heavy atom. The Hall–Kier alpha value is -0.120. The molecule has 1 saturated heterocycles. The fraction of sp³-hybridized carbons (Fsp3) is 1.00. The van der Waals surface area contributed by atoms with Crippen molar-refractivity contribution < 1.29 is 9.84 Å². The molecule has 11 heavy (non-hydrogen) atoms. The van der Waals surface area contributed by atoms with Crippen LogP contribution in [0.25, 0.3) is 0 Å². The summed E-state index contributed by atoms with van der Waals surface area (Å²) in [6, 6.07) is 0. The SMILES string of the molecule is CNCC1(O)CC(C)OC1C. The van der Waals surface area contributed by atoms with E-state index >= 15 is 0 Å². The first-order chi connectivity index (χ1) is 5.08. The zero-order valence-electron chi connectivity index (χ0n) is 7.42. The van der Waals surface area contributed by atoms with Crippen LogP contribution in [0.1, 0.15) is 20.3 Å². The van der Waals surface area contributed by atoms with Crippen molar-refractivity contribution in [3.63, 3.8) is 0 Å². The zero-order chi connectivity index (χ0) is 8.48. The highest BCUT2D eigenvalue weighted by Crippen LogP contribution is 2.29. The number of ether oxygens (including phenoxy) is 1. The van der Waals surface area contributed by atoms with Crippen LogP contribution in [-0.4, -0.2) is 36.5 Å². The molecule has 0 spiro atoms. The van der Waals surface area contributed by atoms with Crippen molar-refractivity contribution in [1.82, 2.24) is 5.32 Å². The van der Waals surface area contributed by atoms with Gasteiger partial charge in [0.15, 0.2) is 0 Å². The normalized spacial score (nSPS) is 44.7. The molecule has 0 amide bonds. The summed E-state index contributed by atoms with van der Waals surface area (Å²) >= 11 is 0. The van der Waals surface area contributed by atoms with Gasteiger partial charge in [0.25, 0.3) is 0 Å². The fourth-order valence-corrected chi connectivity index (χ4v) is 1.71. The second-order valence-electron chi connectivity index (χ2n) is 3.43. The molecule has 3 heteroatoms. The van der Waals surface area contributed by atoms with E-state index in [1.165, 1.54) is 0 Å². The van der Waals surface area contributed by atoms with E-state index in [9.17, 15) is 5.11 Å². The van der Waals surface area contributed by atoms with Gasteiger partial charge in [-0.1, -0.05) is 0 Å². The van der Waals surface area contributed by atoms with Crippen LogP contribution in [0, 0.1) is 0 Å². The molecule has 3 unspecified atom stereocenters. The van der Waals surface area contributed by atoms with E-state index in [-0.39, 0.29) is 12.2 Å². The van der Waals surface area contributed by atoms with Crippen molar-refractivity contribution in [3.05, 3.63) is 0 Å². The van der Waals surface area contributed by atoms with E-state index in [0.29, 0.717) is 6.54 Å². The Kier molecular flexibility index (Phi) is 2.52. The van der Waals surface area contributed by atoms with Gasteiger partial charge < -0.3 is 15.2 Å².